The summed E-state index contributed by atoms with van der Waals surface area (Å²) in [4.78, 5) is 46.5. The van der Waals surface area contributed by atoms with Crippen LogP contribution in [0.15, 0.2) is 23.6 Å². The Hall–Kier alpha value is -2.55. The van der Waals surface area contributed by atoms with Gasteiger partial charge in [-0.3, -0.25) is 14.6 Å². The molecule has 3 heterocycles. The maximum Gasteiger partial charge on any atom is 0.274 e. The first-order valence-corrected chi connectivity index (χ1v) is 10.7. The van der Waals surface area contributed by atoms with E-state index in [4.69, 9.17) is 0 Å². The average Bonchev–Trinajstić information content (AvgIpc) is 2.72. The first kappa shape index (κ1) is 21.2. The Morgan fingerprint density at radius 2 is 1.62 bits per heavy atom. The van der Waals surface area contributed by atoms with Crippen LogP contribution in [-0.2, 0) is 5.41 Å². The van der Waals surface area contributed by atoms with E-state index < -0.39 is 0 Å². The average molecular weight is 415 g/mol. The molecule has 0 N–H and O–H groups in total. The molecule has 1 aliphatic rings. The van der Waals surface area contributed by atoms with E-state index in [2.05, 4.69) is 40.7 Å². The molecule has 2 aromatic rings. The van der Waals surface area contributed by atoms with Crippen LogP contribution in [0.2, 0.25) is 0 Å². The molecule has 1 fully saturated rings. The topological polar surface area (TPSA) is 92.2 Å². The second-order valence-electron chi connectivity index (χ2n) is 7.94. The highest BCUT2D eigenvalue weighted by Crippen LogP contribution is 2.27. The molecule has 0 saturated carbocycles. The molecule has 0 spiro atoms. The van der Waals surface area contributed by atoms with E-state index >= 15 is 0 Å². The van der Waals surface area contributed by atoms with Crippen molar-refractivity contribution in [2.75, 3.05) is 32.4 Å². The van der Waals surface area contributed by atoms with Crippen LogP contribution in [0.1, 0.15) is 53.1 Å². The van der Waals surface area contributed by atoms with Crippen LogP contribution in [-0.4, -0.2) is 74.0 Å². The second kappa shape index (κ2) is 8.44. The van der Waals surface area contributed by atoms with Gasteiger partial charge in [0.2, 0.25) is 0 Å². The van der Waals surface area contributed by atoms with Crippen LogP contribution in [0, 0.1) is 6.92 Å². The third-order valence-corrected chi connectivity index (χ3v) is 5.45. The minimum Gasteiger partial charge on any atom is -0.335 e. The Morgan fingerprint density at radius 3 is 2.14 bits per heavy atom. The minimum atomic E-state index is -0.191. The number of hydrogen-bond acceptors (Lipinski definition) is 7. The zero-order chi connectivity index (χ0) is 21.2. The van der Waals surface area contributed by atoms with Gasteiger partial charge in [0.25, 0.3) is 11.8 Å². The van der Waals surface area contributed by atoms with Crippen molar-refractivity contribution in [3.63, 3.8) is 0 Å². The molecule has 2 amide bonds. The molecule has 0 atom stereocenters. The Morgan fingerprint density at radius 1 is 1.00 bits per heavy atom. The largest absolute Gasteiger partial charge is 0.335 e. The van der Waals surface area contributed by atoms with Crippen molar-refractivity contribution in [2.24, 2.45) is 0 Å². The second-order valence-corrected chi connectivity index (χ2v) is 8.74. The Balaban J connectivity index is 1.75. The van der Waals surface area contributed by atoms with E-state index in [-0.39, 0.29) is 17.2 Å². The fourth-order valence-corrected chi connectivity index (χ4v) is 3.74. The minimum absolute atomic E-state index is 0.0843. The molecule has 29 heavy (non-hydrogen) atoms. The molecule has 0 unspecified atom stereocenters. The van der Waals surface area contributed by atoms with E-state index in [0.717, 1.165) is 5.82 Å². The van der Waals surface area contributed by atoms with Crippen LogP contribution in [0.5, 0.6) is 0 Å². The quantitative estimate of drug-likeness (QED) is 0.561. The number of piperazine rings is 1. The summed E-state index contributed by atoms with van der Waals surface area (Å²) in [5, 5.41) is 0.700. The summed E-state index contributed by atoms with van der Waals surface area (Å²) in [6.07, 6.45) is 6.41. The predicted octanol–water partition coefficient (Wildman–Crippen LogP) is 2.19. The van der Waals surface area contributed by atoms with Gasteiger partial charge < -0.3 is 9.80 Å². The van der Waals surface area contributed by atoms with Crippen LogP contribution in [0.4, 0.5) is 0 Å². The van der Waals surface area contributed by atoms with Crippen molar-refractivity contribution in [1.82, 2.24) is 29.7 Å². The Kier molecular flexibility index (Phi) is 6.16. The molecule has 2 aromatic heterocycles. The molecule has 1 saturated heterocycles. The van der Waals surface area contributed by atoms with E-state index in [9.17, 15) is 9.59 Å². The van der Waals surface area contributed by atoms with E-state index in [1.807, 2.05) is 13.2 Å². The Labute approximate surface area is 175 Å². The third-order valence-electron chi connectivity index (χ3n) is 4.77. The summed E-state index contributed by atoms with van der Waals surface area (Å²) >= 11 is 1.46. The number of carbonyl (C=O) groups is 2. The molecule has 8 nitrogen and oxygen atoms in total. The third kappa shape index (κ3) is 4.55. The fraction of sp³-hybridized carbons (Fsp3) is 0.500. The smallest absolute Gasteiger partial charge is 0.274 e. The summed E-state index contributed by atoms with van der Waals surface area (Å²) in [5.41, 5.74) is 1.37. The number of nitrogens with zero attached hydrogens (tertiary/aromatic N) is 6. The van der Waals surface area contributed by atoms with E-state index in [0.29, 0.717) is 48.2 Å². The standard InChI is InChI=1S/C20H26N6O2S/c1-13-15(16(29-5)24-19(23-13)20(2,3)4)18(28)26-10-8-25(9-11-26)17(27)14-12-21-6-7-22-14/h6-7,12H,8-11H2,1-5H3. The first-order valence-electron chi connectivity index (χ1n) is 9.50. The lowest BCUT2D eigenvalue weighted by Crippen LogP contribution is -2.51. The molecule has 9 heteroatoms. The Bertz CT molecular complexity index is 905. The highest BCUT2D eigenvalue weighted by molar-refractivity contribution is 7.98. The summed E-state index contributed by atoms with van der Waals surface area (Å²) in [6, 6.07) is 0. The highest BCUT2D eigenvalue weighted by atomic mass is 32.2. The molecule has 154 valence electrons. The predicted molar refractivity (Wildman–Crippen MR) is 111 cm³/mol. The maximum absolute atomic E-state index is 13.2. The number of aryl methyl sites for hydroxylation is 1. The number of amides is 2. The SMILES string of the molecule is CSc1nc(C(C)(C)C)nc(C)c1C(=O)N1CCN(C(=O)c2cnccn2)CC1. The van der Waals surface area contributed by atoms with Gasteiger partial charge in [0.1, 0.15) is 16.5 Å². The van der Waals surface area contributed by atoms with Gasteiger partial charge in [-0.25, -0.2) is 15.0 Å². The van der Waals surface area contributed by atoms with Crippen molar-refractivity contribution >= 4 is 23.6 Å². The number of carbonyl (C=O) groups excluding carboxylic acids is 2. The van der Waals surface area contributed by atoms with Gasteiger partial charge in [0.05, 0.1) is 17.5 Å². The molecule has 1 aliphatic heterocycles. The monoisotopic (exact) mass is 414 g/mol. The summed E-state index contributed by atoms with van der Waals surface area (Å²) in [6.45, 7) is 9.85. The van der Waals surface area contributed by atoms with Gasteiger partial charge in [0.15, 0.2) is 0 Å². The normalized spacial score (nSPS) is 14.8. The number of hydrogen-bond donors (Lipinski definition) is 0. The van der Waals surface area contributed by atoms with Crippen LogP contribution in [0.3, 0.4) is 0 Å². The summed E-state index contributed by atoms with van der Waals surface area (Å²) in [7, 11) is 0. The van der Waals surface area contributed by atoms with Gasteiger partial charge in [-0.15, -0.1) is 11.8 Å². The van der Waals surface area contributed by atoms with Gasteiger partial charge in [-0.1, -0.05) is 20.8 Å². The molecular formula is C20H26N6O2S. The lowest BCUT2D eigenvalue weighted by Gasteiger charge is -2.35. The van der Waals surface area contributed by atoms with Gasteiger partial charge in [-0.05, 0) is 13.2 Å². The van der Waals surface area contributed by atoms with Crippen LogP contribution in [0.25, 0.3) is 0 Å². The van der Waals surface area contributed by atoms with Crippen molar-refractivity contribution < 1.29 is 9.59 Å². The number of aromatic nitrogens is 4. The fourth-order valence-electron chi connectivity index (χ4n) is 3.12. The van der Waals surface area contributed by atoms with Crippen molar-refractivity contribution in [3.8, 4) is 0 Å². The van der Waals surface area contributed by atoms with Gasteiger partial charge >= 0.3 is 0 Å². The molecule has 0 bridgehead atoms. The van der Waals surface area contributed by atoms with Gasteiger partial charge in [-0.2, -0.15) is 0 Å². The number of rotatable bonds is 3. The zero-order valence-corrected chi connectivity index (χ0v) is 18.3. The van der Waals surface area contributed by atoms with E-state index in [1.165, 1.54) is 30.4 Å². The van der Waals surface area contributed by atoms with Crippen molar-refractivity contribution in [2.45, 2.75) is 38.1 Å². The lowest BCUT2D eigenvalue weighted by atomic mass is 9.95. The van der Waals surface area contributed by atoms with Crippen molar-refractivity contribution in [1.29, 1.82) is 0 Å². The lowest BCUT2D eigenvalue weighted by molar-refractivity contribution is 0.0528. The number of thioether (sulfide) groups is 1. The zero-order valence-electron chi connectivity index (χ0n) is 17.5. The van der Waals surface area contributed by atoms with Gasteiger partial charge in [0, 0.05) is 44.0 Å². The van der Waals surface area contributed by atoms with Crippen LogP contribution < -0.4 is 0 Å². The highest BCUT2D eigenvalue weighted by Gasteiger charge is 2.30. The van der Waals surface area contributed by atoms with Crippen molar-refractivity contribution in [3.05, 3.63) is 41.4 Å². The summed E-state index contributed by atoms with van der Waals surface area (Å²) < 4.78 is 0. The molecular weight excluding hydrogens is 388 g/mol. The van der Waals surface area contributed by atoms with E-state index in [1.54, 1.807) is 9.80 Å². The van der Waals surface area contributed by atoms with Crippen LogP contribution >= 0.6 is 11.8 Å². The molecule has 0 aromatic carbocycles. The summed E-state index contributed by atoms with van der Waals surface area (Å²) in [5.74, 6) is 0.484. The maximum atomic E-state index is 13.2. The molecule has 3 rings (SSSR count). The first-order chi connectivity index (χ1) is 13.7. The molecule has 0 aliphatic carbocycles. The molecule has 0 radical (unpaired) electrons.